The number of benzene rings is 1. The van der Waals surface area contributed by atoms with Crippen molar-refractivity contribution in [2.45, 2.75) is 31.7 Å². The molecule has 1 unspecified atom stereocenters. The van der Waals surface area contributed by atoms with Crippen LogP contribution < -0.4 is 4.90 Å². The van der Waals surface area contributed by atoms with Gasteiger partial charge in [-0.05, 0) is 41.6 Å². The molecule has 1 N–H and O–H groups in total. The molecule has 1 heterocycles. The number of hydrogen-bond acceptors (Lipinski definition) is 4. The van der Waals surface area contributed by atoms with Crippen molar-refractivity contribution in [1.82, 2.24) is 0 Å². The highest BCUT2D eigenvalue weighted by Crippen LogP contribution is 2.37. The molecule has 0 saturated carbocycles. The van der Waals surface area contributed by atoms with Crippen molar-refractivity contribution in [3.8, 4) is 0 Å². The van der Waals surface area contributed by atoms with Crippen LogP contribution in [0.1, 0.15) is 25.7 Å². The molecule has 5 nitrogen and oxygen atoms in total. The maximum Gasteiger partial charge on any atom is 0.293 e. The first-order valence-electron chi connectivity index (χ1n) is 6.55. The lowest BCUT2D eigenvalue weighted by Gasteiger charge is -2.37. The smallest absolute Gasteiger partial charge is 0.293 e. The minimum absolute atomic E-state index is 0.0213. The SMILES string of the molecule is O=[N+]([O-])c1cc(Br)c(F)cc1N1CCCCC1CCO. The second-order valence-electron chi connectivity index (χ2n) is 4.87. The summed E-state index contributed by atoms with van der Waals surface area (Å²) in [7, 11) is 0. The van der Waals surface area contributed by atoms with Gasteiger partial charge in [-0.25, -0.2) is 4.39 Å². The van der Waals surface area contributed by atoms with Gasteiger partial charge in [0, 0.05) is 31.3 Å². The summed E-state index contributed by atoms with van der Waals surface area (Å²) in [6.07, 6.45) is 3.33. The van der Waals surface area contributed by atoms with E-state index in [1.54, 1.807) is 0 Å². The molecule has 0 aliphatic carbocycles. The summed E-state index contributed by atoms with van der Waals surface area (Å²) in [6.45, 7) is 0.667. The molecular formula is C13H16BrFN2O3. The van der Waals surface area contributed by atoms with Crippen LogP contribution in [0.25, 0.3) is 0 Å². The van der Waals surface area contributed by atoms with Crippen LogP contribution in [-0.2, 0) is 0 Å². The van der Waals surface area contributed by atoms with E-state index in [0.717, 1.165) is 19.3 Å². The molecule has 2 rings (SSSR count). The van der Waals surface area contributed by atoms with Crippen LogP contribution in [0.2, 0.25) is 0 Å². The number of aliphatic hydroxyl groups is 1. The lowest BCUT2D eigenvalue weighted by molar-refractivity contribution is -0.384. The number of nitrogens with zero attached hydrogens (tertiary/aromatic N) is 2. The molecule has 0 aromatic heterocycles. The van der Waals surface area contributed by atoms with Crippen molar-refractivity contribution >= 4 is 27.3 Å². The predicted octanol–water partition coefficient (Wildman–Crippen LogP) is 3.24. The van der Waals surface area contributed by atoms with Crippen molar-refractivity contribution in [1.29, 1.82) is 0 Å². The van der Waals surface area contributed by atoms with Gasteiger partial charge in [0.2, 0.25) is 0 Å². The summed E-state index contributed by atoms with van der Waals surface area (Å²) in [5.74, 6) is -0.515. The van der Waals surface area contributed by atoms with Gasteiger partial charge in [-0.1, -0.05) is 0 Å². The lowest BCUT2D eigenvalue weighted by Crippen LogP contribution is -2.40. The normalized spacial score (nSPS) is 19.1. The molecule has 0 spiro atoms. The third-order valence-electron chi connectivity index (χ3n) is 3.61. The van der Waals surface area contributed by atoms with Gasteiger partial charge in [0.1, 0.15) is 11.5 Å². The standard InChI is InChI=1S/C13H16BrFN2O3/c14-10-7-13(17(19)20)12(8-11(10)15)16-5-2-1-3-9(16)4-6-18/h7-9,18H,1-6H2. The molecule has 0 amide bonds. The highest BCUT2D eigenvalue weighted by Gasteiger charge is 2.29. The van der Waals surface area contributed by atoms with E-state index in [-0.39, 0.29) is 22.8 Å². The number of nitro groups is 1. The summed E-state index contributed by atoms with van der Waals surface area (Å²) in [4.78, 5) is 12.5. The van der Waals surface area contributed by atoms with E-state index in [4.69, 9.17) is 5.11 Å². The Morgan fingerprint density at radius 1 is 1.50 bits per heavy atom. The number of aliphatic hydroxyl groups excluding tert-OH is 1. The largest absolute Gasteiger partial charge is 0.396 e. The second-order valence-corrected chi connectivity index (χ2v) is 5.72. The Morgan fingerprint density at radius 2 is 2.25 bits per heavy atom. The predicted molar refractivity (Wildman–Crippen MR) is 77.4 cm³/mol. The molecule has 0 bridgehead atoms. The van der Waals surface area contributed by atoms with E-state index >= 15 is 0 Å². The molecule has 1 aromatic carbocycles. The third-order valence-corrected chi connectivity index (χ3v) is 4.22. The highest BCUT2D eigenvalue weighted by atomic mass is 79.9. The van der Waals surface area contributed by atoms with Crippen LogP contribution in [-0.4, -0.2) is 29.2 Å². The average Bonchev–Trinajstić information content (AvgIpc) is 2.42. The number of piperidine rings is 1. The number of nitro benzene ring substituents is 1. The molecule has 1 saturated heterocycles. The maximum atomic E-state index is 13.7. The zero-order valence-corrected chi connectivity index (χ0v) is 12.5. The number of hydrogen-bond donors (Lipinski definition) is 1. The van der Waals surface area contributed by atoms with Crippen LogP contribution >= 0.6 is 15.9 Å². The molecule has 0 radical (unpaired) electrons. The Morgan fingerprint density at radius 3 is 2.90 bits per heavy atom. The van der Waals surface area contributed by atoms with Crippen LogP contribution in [0.15, 0.2) is 16.6 Å². The summed E-state index contributed by atoms with van der Waals surface area (Å²) < 4.78 is 13.8. The van der Waals surface area contributed by atoms with Crippen LogP contribution in [0.4, 0.5) is 15.8 Å². The fourth-order valence-electron chi connectivity index (χ4n) is 2.67. The van der Waals surface area contributed by atoms with Crippen LogP contribution in [0.5, 0.6) is 0 Å². The summed E-state index contributed by atoms with van der Waals surface area (Å²) in [6, 6.07) is 2.43. The average molecular weight is 347 g/mol. The fraction of sp³-hybridized carbons (Fsp3) is 0.538. The van der Waals surface area contributed by atoms with Crippen LogP contribution in [0, 0.1) is 15.9 Å². The molecule has 1 aliphatic rings. The Kier molecular flexibility index (Phi) is 4.93. The molecule has 1 aliphatic heterocycles. The molecule has 1 aromatic rings. The zero-order chi connectivity index (χ0) is 14.7. The van der Waals surface area contributed by atoms with Gasteiger partial charge in [0.05, 0.1) is 9.40 Å². The summed E-state index contributed by atoms with van der Waals surface area (Å²) in [5.41, 5.74) is 0.192. The second kappa shape index (κ2) is 6.49. The van der Waals surface area contributed by atoms with Crippen LogP contribution in [0.3, 0.4) is 0 Å². The van der Waals surface area contributed by atoms with E-state index < -0.39 is 10.7 Å². The summed E-state index contributed by atoms with van der Waals surface area (Å²) in [5, 5.41) is 20.3. The van der Waals surface area contributed by atoms with Gasteiger partial charge in [-0.2, -0.15) is 0 Å². The minimum atomic E-state index is -0.515. The topological polar surface area (TPSA) is 66.6 Å². The Hall–Kier alpha value is -1.21. The number of rotatable bonds is 4. The Bertz CT molecular complexity index is 511. The molecule has 20 heavy (non-hydrogen) atoms. The van der Waals surface area contributed by atoms with Gasteiger partial charge in [-0.15, -0.1) is 0 Å². The first kappa shape index (κ1) is 15.2. The Labute approximate surface area is 124 Å². The van der Waals surface area contributed by atoms with Crippen molar-refractivity contribution in [3.63, 3.8) is 0 Å². The van der Waals surface area contributed by atoms with Gasteiger partial charge < -0.3 is 10.0 Å². The first-order chi connectivity index (χ1) is 9.54. The minimum Gasteiger partial charge on any atom is -0.396 e. The van der Waals surface area contributed by atoms with E-state index in [0.29, 0.717) is 18.7 Å². The zero-order valence-electron chi connectivity index (χ0n) is 10.9. The first-order valence-corrected chi connectivity index (χ1v) is 7.35. The van der Waals surface area contributed by atoms with Crippen molar-refractivity contribution in [2.75, 3.05) is 18.1 Å². The van der Waals surface area contributed by atoms with Crippen molar-refractivity contribution < 1.29 is 14.4 Å². The molecular weight excluding hydrogens is 331 g/mol. The highest BCUT2D eigenvalue weighted by molar-refractivity contribution is 9.10. The lowest BCUT2D eigenvalue weighted by atomic mass is 9.98. The summed E-state index contributed by atoms with van der Waals surface area (Å²) >= 11 is 2.98. The third kappa shape index (κ3) is 3.09. The number of halogens is 2. The molecule has 110 valence electrons. The van der Waals surface area contributed by atoms with E-state index in [1.165, 1.54) is 12.1 Å². The van der Waals surface area contributed by atoms with Crippen molar-refractivity contribution in [2.24, 2.45) is 0 Å². The monoisotopic (exact) mass is 346 g/mol. The van der Waals surface area contributed by atoms with Crippen molar-refractivity contribution in [3.05, 3.63) is 32.5 Å². The molecule has 1 atom stereocenters. The molecule has 1 fully saturated rings. The quantitative estimate of drug-likeness (QED) is 0.671. The molecule has 7 heteroatoms. The van der Waals surface area contributed by atoms with Gasteiger partial charge in [-0.3, -0.25) is 10.1 Å². The fourth-order valence-corrected chi connectivity index (χ4v) is 3.00. The van der Waals surface area contributed by atoms with E-state index in [2.05, 4.69) is 15.9 Å². The Balaban J connectivity index is 2.43. The van der Waals surface area contributed by atoms with Gasteiger partial charge in [0.15, 0.2) is 0 Å². The van der Waals surface area contributed by atoms with E-state index in [1.807, 2.05) is 4.90 Å². The van der Waals surface area contributed by atoms with Gasteiger partial charge >= 0.3 is 0 Å². The van der Waals surface area contributed by atoms with Gasteiger partial charge in [0.25, 0.3) is 5.69 Å². The number of anilines is 1. The van der Waals surface area contributed by atoms with E-state index in [9.17, 15) is 14.5 Å². The maximum absolute atomic E-state index is 13.7.